The minimum atomic E-state index is -0.146. The largest absolute Gasteiger partial charge is 0.494 e. The van der Waals surface area contributed by atoms with Crippen molar-refractivity contribution in [2.24, 2.45) is 0 Å². The monoisotopic (exact) mass is 340 g/mol. The van der Waals surface area contributed by atoms with E-state index in [2.05, 4.69) is 20.8 Å². The minimum Gasteiger partial charge on any atom is -0.494 e. The van der Waals surface area contributed by atoms with Crippen LogP contribution in [0.5, 0.6) is 5.75 Å². The Hall–Kier alpha value is -2.63. The summed E-state index contributed by atoms with van der Waals surface area (Å²) in [6.07, 6.45) is 5.73. The normalized spacial score (nSPS) is 14.8. The lowest BCUT2D eigenvalue weighted by atomic mass is 9.95. The van der Waals surface area contributed by atoms with Gasteiger partial charge in [0.25, 0.3) is 5.91 Å². The van der Waals surface area contributed by atoms with Gasteiger partial charge in [-0.1, -0.05) is 19.3 Å². The van der Waals surface area contributed by atoms with Gasteiger partial charge in [0.05, 0.1) is 6.61 Å². The van der Waals surface area contributed by atoms with Gasteiger partial charge in [-0.15, -0.1) is 10.2 Å². The summed E-state index contributed by atoms with van der Waals surface area (Å²) in [6.45, 7) is 2.59. The number of hydrogen-bond acceptors (Lipinski definition) is 5. The summed E-state index contributed by atoms with van der Waals surface area (Å²) < 4.78 is 5.42. The molecule has 0 atom stereocenters. The molecule has 0 spiro atoms. The summed E-state index contributed by atoms with van der Waals surface area (Å²) >= 11 is 0. The van der Waals surface area contributed by atoms with Crippen molar-refractivity contribution in [3.8, 4) is 5.75 Å². The van der Waals surface area contributed by atoms with Gasteiger partial charge in [0, 0.05) is 11.7 Å². The van der Waals surface area contributed by atoms with Gasteiger partial charge in [0.1, 0.15) is 5.75 Å². The van der Waals surface area contributed by atoms with Gasteiger partial charge in [0.15, 0.2) is 11.5 Å². The SMILES string of the molecule is CCOc1ccc(Nc2ccc(C(=O)NC3CCCCC3)nn2)cc1. The Balaban J connectivity index is 1.56. The van der Waals surface area contributed by atoms with Crippen molar-refractivity contribution >= 4 is 17.4 Å². The van der Waals surface area contributed by atoms with E-state index in [4.69, 9.17) is 4.74 Å². The van der Waals surface area contributed by atoms with Crippen molar-refractivity contribution in [3.63, 3.8) is 0 Å². The standard InChI is InChI=1S/C19H24N4O2/c1-2-25-16-10-8-15(9-11-16)20-18-13-12-17(22-23-18)19(24)21-14-6-4-3-5-7-14/h8-14H,2-7H2,1H3,(H,20,23)(H,21,24). The molecule has 1 saturated carbocycles. The maximum Gasteiger partial charge on any atom is 0.272 e. The van der Waals surface area contributed by atoms with E-state index in [1.54, 1.807) is 12.1 Å². The van der Waals surface area contributed by atoms with Crippen LogP contribution < -0.4 is 15.4 Å². The number of nitrogens with one attached hydrogen (secondary N) is 2. The molecule has 132 valence electrons. The molecule has 0 unspecified atom stereocenters. The second kappa shape index (κ2) is 8.46. The van der Waals surface area contributed by atoms with E-state index in [0.29, 0.717) is 18.1 Å². The third-order valence-electron chi connectivity index (χ3n) is 4.28. The summed E-state index contributed by atoms with van der Waals surface area (Å²) in [5.74, 6) is 1.28. The van der Waals surface area contributed by atoms with E-state index in [-0.39, 0.29) is 11.9 Å². The Morgan fingerprint density at radius 2 is 1.84 bits per heavy atom. The maximum atomic E-state index is 12.2. The molecule has 1 aliphatic carbocycles. The number of carbonyl (C=O) groups is 1. The average molecular weight is 340 g/mol. The van der Waals surface area contributed by atoms with Crippen LogP contribution in [0.15, 0.2) is 36.4 Å². The predicted octanol–water partition coefficient (Wildman–Crippen LogP) is 3.68. The molecule has 1 aliphatic rings. The van der Waals surface area contributed by atoms with E-state index in [0.717, 1.165) is 24.3 Å². The summed E-state index contributed by atoms with van der Waals surface area (Å²) in [7, 11) is 0. The molecule has 1 heterocycles. The molecule has 0 saturated heterocycles. The number of carbonyl (C=O) groups excluding carboxylic acids is 1. The highest BCUT2D eigenvalue weighted by molar-refractivity contribution is 5.92. The number of hydrogen-bond donors (Lipinski definition) is 2. The first-order valence-corrected chi connectivity index (χ1v) is 8.89. The van der Waals surface area contributed by atoms with Gasteiger partial charge in [-0.05, 0) is 56.2 Å². The van der Waals surface area contributed by atoms with Crippen molar-refractivity contribution in [1.82, 2.24) is 15.5 Å². The van der Waals surface area contributed by atoms with Crippen LogP contribution in [0.2, 0.25) is 0 Å². The first-order valence-electron chi connectivity index (χ1n) is 8.89. The average Bonchev–Trinajstić information content (AvgIpc) is 2.65. The quantitative estimate of drug-likeness (QED) is 0.839. The van der Waals surface area contributed by atoms with Crippen LogP contribution in [0.3, 0.4) is 0 Å². The van der Waals surface area contributed by atoms with Crippen molar-refractivity contribution in [3.05, 3.63) is 42.1 Å². The molecular weight excluding hydrogens is 316 g/mol. The van der Waals surface area contributed by atoms with Crippen molar-refractivity contribution in [2.45, 2.75) is 45.1 Å². The van der Waals surface area contributed by atoms with E-state index >= 15 is 0 Å². The Morgan fingerprint density at radius 1 is 1.08 bits per heavy atom. The molecule has 0 aliphatic heterocycles. The number of aromatic nitrogens is 2. The van der Waals surface area contributed by atoms with E-state index < -0.39 is 0 Å². The van der Waals surface area contributed by atoms with E-state index in [9.17, 15) is 4.79 Å². The number of anilines is 2. The van der Waals surface area contributed by atoms with Crippen LogP contribution in [0, 0.1) is 0 Å². The molecule has 6 nitrogen and oxygen atoms in total. The Labute approximate surface area is 148 Å². The zero-order chi connectivity index (χ0) is 17.5. The molecule has 1 fully saturated rings. The van der Waals surface area contributed by atoms with Gasteiger partial charge in [-0.2, -0.15) is 0 Å². The number of amides is 1. The third-order valence-corrected chi connectivity index (χ3v) is 4.28. The molecule has 1 amide bonds. The number of benzene rings is 1. The third kappa shape index (κ3) is 4.92. The molecule has 0 radical (unpaired) electrons. The van der Waals surface area contributed by atoms with Crippen molar-refractivity contribution in [1.29, 1.82) is 0 Å². The Bertz CT molecular complexity index is 680. The topological polar surface area (TPSA) is 76.1 Å². The molecule has 25 heavy (non-hydrogen) atoms. The maximum absolute atomic E-state index is 12.2. The van der Waals surface area contributed by atoms with Gasteiger partial charge >= 0.3 is 0 Å². The van der Waals surface area contributed by atoms with Crippen molar-refractivity contribution in [2.75, 3.05) is 11.9 Å². The van der Waals surface area contributed by atoms with Crippen LogP contribution in [0.4, 0.5) is 11.5 Å². The van der Waals surface area contributed by atoms with Gasteiger partial charge < -0.3 is 15.4 Å². The first-order chi connectivity index (χ1) is 12.2. The highest BCUT2D eigenvalue weighted by Crippen LogP contribution is 2.19. The molecule has 2 aromatic rings. The summed E-state index contributed by atoms with van der Waals surface area (Å²) in [5.41, 5.74) is 1.24. The van der Waals surface area contributed by atoms with Gasteiger partial charge in [-0.25, -0.2) is 0 Å². The molecule has 6 heteroatoms. The molecule has 2 N–H and O–H groups in total. The fourth-order valence-electron chi connectivity index (χ4n) is 2.98. The number of nitrogens with zero attached hydrogens (tertiary/aromatic N) is 2. The zero-order valence-corrected chi connectivity index (χ0v) is 14.5. The number of ether oxygens (including phenoxy) is 1. The Kier molecular flexibility index (Phi) is 5.82. The van der Waals surface area contributed by atoms with Gasteiger partial charge in [-0.3, -0.25) is 4.79 Å². The fraction of sp³-hybridized carbons (Fsp3) is 0.421. The molecule has 1 aromatic carbocycles. The zero-order valence-electron chi connectivity index (χ0n) is 14.5. The van der Waals surface area contributed by atoms with Crippen LogP contribution in [0.1, 0.15) is 49.5 Å². The molecule has 0 bridgehead atoms. The second-order valence-electron chi connectivity index (χ2n) is 6.19. The summed E-state index contributed by atoms with van der Waals surface area (Å²) in [6, 6.07) is 11.3. The van der Waals surface area contributed by atoms with Gasteiger partial charge in [0.2, 0.25) is 0 Å². The van der Waals surface area contributed by atoms with Crippen LogP contribution in [0.25, 0.3) is 0 Å². The van der Waals surface area contributed by atoms with Crippen LogP contribution >= 0.6 is 0 Å². The highest BCUT2D eigenvalue weighted by atomic mass is 16.5. The first kappa shape index (κ1) is 17.2. The van der Waals surface area contributed by atoms with Crippen LogP contribution in [-0.4, -0.2) is 28.8 Å². The van der Waals surface area contributed by atoms with E-state index in [1.165, 1.54) is 19.3 Å². The lowest BCUT2D eigenvalue weighted by Crippen LogP contribution is -2.36. The summed E-state index contributed by atoms with van der Waals surface area (Å²) in [4.78, 5) is 12.2. The lowest BCUT2D eigenvalue weighted by molar-refractivity contribution is 0.0921. The minimum absolute atomic E-state index is 0.146. The fourth-order valence-corrected chi connectivity index (χ4v) is 2.98. The van der Waals surface area contributed by atoms with E-state index in [1.807, 2.05) is 31.2 Å². The predicted molar refractivity (Wildman–Crippen MR) is 97.3 cm³/mol. The van der Waals surface area contributed by atoms with Crippen LogP contribution in [-0.2, 0) is 0 Å². The highest BCUT2D eigenvalue weighted by Gasteiger charge is 2.17. The Morgan fingerprint density at radius 3 is 2.48 bits per heavy atom. The smallest absolute Gasteiger partial charge is 0.272 e. The number of rotatable bonds is 6. The lowest BCUT2D eigenvalue weighted by Gasteiger charge is -2.22. The molecule has 3 rings (SSSR count). The molecule has 1 aromatic heterocycles. The molecular formula is C19H24N4O2. The summed E-state index contributed by atoms with van der Waals surface area (Å²) in [5, 5.41) is 14.3. The second-order valence-corrected chi connectivity index (χ2v) is 6.19. The van der Waals surface area contributed by atoms with Crippen molar-refractivity contribution < 1.29 is 9.53 Å².